The van der Waals surface area contributed by atoms with Gasteiger partial charge in [0.05, 0.1) is 11.5 Å². The van der Waals surface area contributed by atoms with E-state index >= 15 is 0 Å². The molecule has 0 fully saturated rings. The number of anilines is 1. The maximum atomic E-state index is 12.7. The minimum Gasteiger partial charge on any atom is -0.493 e. The summed E-state index contributed by atoms with van der Waals surface area (Å²) in [5, 5.41) is 3.75. The third kappa shape index (κ3) is 3.14. The van der Waals surface area contributed by atoms with Gasteiger partial charge in [-0.1, -0.05) is 0 Å². The molecule has 3 rings (SSSR count). The zero-order valence-corrected chi connectivity index (χ0v) is 13.1. The van der Waals surface area contributed by atoms with Crippen molar-refractivity contribution in [2.45, 2.75) is 24.2 Å². The predicted molar refractivity (Wildman–Crippen MR) is 79.2 cm³/mol. The van der Waals surface area contributed by atoms with Crippen molar-refractivity contribution in [1.82, 2.24) is 9.78 Å². The van der Waals surface area contributed by atoms with Gasteiger partial charge < -0.3 is 4.74 Å². The van der Waals surface area contributed by atoms with Crippen LogP contribution in [0.3, 0.4) is 0 Å². The average molecular weight is 343 g/mol. The van der Waals surface area contributed by atoms with Crippen LogP contribution in [0.15, 0.2) is 29.2 Å². The van der Waals surface area contributed by atoms with Crippen molar-refractivity contribution in [3.8, 4) is 5.75 Å². The number of halogens is 2. The van der Waals surface area contributed by atoms with E-state index in [9.17, 15) is 17.2 Å². The highest BCUT2D eigenvalue weighted by Gasteiger charge is 2.21. The smallest absolute Gasteiger partial charge is 0.280 e. The summed E-state index contributed by atoms with van der Waals surface area (Å²) in [6.45, 7) is 0.613. The van der Waals surface area contributed by atoms with Gasteiger partial charge in [0, 0.05) is 13.1 Å². The molecule has 0 spiro atoms. The van der Waals surface area contributed by atoms with Gasteiger partial charge in [-0.3, -0.25) is 9.40 Å². The van der Waals surface area contributed by atoms with E-state index in [1.807, 2.05) is 0 Å². The predicted octanol–water partition coefficient (Wildman–Crippen LogP) is 2.48. The number of fused-ring (bicyclic) bond motifs is 1. The molecule has 1 aliphatic rings. The van der Waals surface area contributed by atoms with E-state index in [-0.39, 0.29) is 16.4 Å². The van der Waals surface area contributed by atoms with Crippen LogP contribution in [0.2, 0.25) is 0 Å². The first-order chi connectivity index (χ1) is 10.9. The third-order valence-corrected chi connectivity index (χ3v) is 4.92. The summed E-state index contributed by atoms with van der Waals surface area (Å²) >= 11 is 0. The van der Waals surface area contributed by atoms with Crippen LogP contribution in [0.25, 0.3) is 0 Å². The molecular weight excluding hydrogens is 328 g/mol. The highest BCUT2D eigenvalue weighted by Crippen LogP contribution is 2.28. The minimum atomic E-state index is -3.90. The highest BCUT2D eigenvalue weighted by molar-refractivity contribution is 7.92. The molecule has 6 nitrogen and oxygen atoms in total. The first-order valence-corrected chi connectivity index (χ1v) is 8.46. The standard InChI is InChI=1S/C14H15F2N3O3S/c1-19-11(14(15)16)8-13(17-19)18-23(20,21)10-4-5-12-9(7-10)3-2-6-22-12/h4-5,7-8,14H,2-3,6H2,1H3,(H,17,18). The van der Waals surface area contributed by atoms with Crippen molar-refractivity contribution in [3.63, 3.8) is 0 Å². The second-order valence-electron chi connectivity index (χ2n) is 5.21. The lowest BCUT2D eigenvalue weighted by Gasteiger charge is -2.17. The van der Waals surface area contributed by atoms with E-state index < -0.39 is 16.4 Å². The second kappa shape index (κ2) is 5.80. The van der Waals surface area contributed by atoms with Crippen LogP contribution in [-0.2, 0) is 23.5 Å². The monoisotopic (exact) mass is 343 g/mol. The Morgan fingerprint density at radius 3 is 2.83 bits per heavy atom. The van der Waals surface area contributed by atoms with Gasteiger partial charge in [-0.15, -0.1) is 0 Å². The van der Waals surface area contributed by atoms with Gasteiger partial charge in [-0.05, 0) is 36.6 Å². The number of rotatable bonds is 4. The lowest BCUT2D eigenvalue weighted by molar-refractivity contribution is 0.141. The van der Waals surface area contributed by atoms with Crippen LogP contribution in [0.4, 0.5) is 14.6 Å². The molecule has 0 aliphatic carbocycles. The topological polar surface area (TPSA) is 73.2 Å². The molecule has 2 aromatic rings. The first kappa shape index (κ1) is 15.7. The molecule has 0 bridgehead atoms. The molecular formula is C14H15F2N3O3S. The molecule has 0 atom stereocenters. The van der Waals surface area contributed by atoms with Gasteiger partial charge in [0.25, 0.3) is 16.4 Å². The maximum Gasteiger partial charge on any atom is 0.280 e. The highest BCUT2D eigenvalue weighted by atomic mass is 32.2. The quantitative estimate of drug-likeness (QED) is 0.926. The Balaban J connectivity index is 1.88. The summed E-state index contributed by atoms with van der Waals surface area (Å²) in [6, 6.07) is 5.58. The van der Waals surface area contributed by atoms with Gasteiger partial charge in [-0.25, -0.2) is 17.2 Å². The lowest BCUT2D eigenvalue weighted by Crippen LogP contribution is -2.15. The Kier molecular flexibility index (Phi) is 3.97. The summed E-state index contributed by atoms with van der Waals surface area (Å²) in [5.74, 6) is 0.532. The summed E-state index contributed by atoms with van der Waals surface area (Å²) in [6.07, 6.45) is -1.17. The number of aromatic nitrogens is 2. The van der Waals surface area contributed by atoms with Gasteiger partial charge in [-0.2, -0.15) is 5.10 Å². The molecule has 1 aromatic heterocycles. The number of benzene rings is 1. The fourth-order valence-electron chi connectivity index (χ4n) is 2.44. The van der Waals surface area contributed by atoms with Crippen molar-refractivity contribution >= 4 is 15.8 Å². The Hall–Kier alpha value is -2.16. The fraction of sp³-hybridized carbons (Fsp3) is 0.357. The third-order valence-electron chi connectivity index (χ3n) is 3.57. The summed E-state index contributed by atoms with van der Waals surface area (Å²) in [5.41, 5.74) is 0.454. The van der Waals surface area contributed by atoms with Gasteiger partial charge in [0.1, 0.15) is 11.4 Å². The Bertz CT molecular complexity index is 834. The molecule has 124 valence electrons. The van der Waals surface area contributed by atoms with Crippen LogP contribution in [-0.4, -0.2) is 24.8 Å². The number of sulfonamides is 1. The number of hydrogen-bond donors (Lipinski definition) is 1. The van der Waals surface area contributed by atoms with Crippen LogP contribution in [0.5, 0.6) is 5.75 Å². The summed E-state index contributed by atoms with van der Waals surface area (Å²) in [7, 11) is -2.57. The van der Waals surface area contributed by atoms with E-state index in [2.05, 4.69) is 9.82 Å². The molecule has 1 aromatic carbocycles. The molecule has 1 N–H and O–H groups in total. The summed E-state index contributed by atoms with van der Waals surface area (Å²) < 4.78 is 58.9. The molecule has 0 radical (unpaired) electrons. The number of nitrogens with zero attached hydrogens (tertiary/aromatic N) is 2. The first-order valence-electron chi connectivity index (χ1n) is 6.97. The van der Waals surface area contributed by atoms with Crippen LogP contribution in [0.1, 0.15) is 24.1 Å². The van der Waals surface area contributed by atoms with Crippen LogP contribution in [0, 0.1) is 0 Å². The van der Waals surface area contributed by atoms with E-state index in [4.69, 9.17) is 4.74 Å². The Morgan fingerprint density at radius 1 is 1.35 bits per heavy atom. The van der Waals surface area contributed by atoms with Crippen molar-refractivity contribution in [2.75, 3.05) is 11.3 Å². The van der Waals surface area contributed by atoms with E-state index in [0.717, 1.165) is 29.2 Å². The van der Waals surface area contributed by atoms with Gasteiger partial charge in [0.15, 0.2) is 5.82 Å². The number of hydrogen-bond acceptors (Lipinski definition) is 4. The lowest BCUT2D eigenvalue weighted by atomic mass is 10.1. The Labute approximate surface area is 132 Å². The molecule has 9 heteroatoms. The molecule has 2 heterocycles. The Morgan fingerprint density at radius 2 is 2.13 bits per heavy atom. The minimum absolute atomic E-state index is 0.0472. The van der Waals surface area contributed by atoms with Crippen molar-refractivity contribution in [3.05, 3.63) is 35.5 Å². The van der Waals surface area contributed by atoms with Crippen LogP contribution < -0.4 is 9.46 Å². The number of aryl methyl sites for hydroxylation is 2. The second-order valence-corrected chi connectivity index (χ2v) is 6.89. The van der Waals surface area contributed by atoms with Crippen molar-refractivity contribution < 1.29 is 21.9 Å². The number of ether oxygens (including phenoxy) is 1. The van der Waals surface area contributed by atoms with E-state index in [0.29, 0.717) is 12.4 Å². The normalized spacial score (nSPS) is 14.4. The average Bonchev–Trinajstić information content (AvgIpc) is 2.86. The zero-order chi connectivity index (χ0) is 16.6. The molecule has 0 saturated carbocycles. The largest absolute Gasteiger partial charge is 0.493 e. The fourth-order valence-corrected chi connectivity index (χ4v) is 3.47. The molecule has 1 aliphatic heterocycles. The van der Waals surface area contributed by atoms with Gasteiger partial charge in [0.2, 0.25) is 0 Å². The maximum absolute atomic E-state index is 12.7. The van der Waals surface area contributed by atoms with Crippen molar-refractivity contribution in [2.24, 2.45) is 7.05 Å². The SMILES string of the molecule is Cn1nc(NS(=O)(=O)c2ccc3c(c2)CCCO3)cc1C(F)F. The molecule has 0 saturated heterocycles. The van der Waals surface area contributed by atoms with Gasteiger partial charge >= 0.3 is 0 Å². The number of alkyl halides is 2. The van der Waals surface area contributed by atoms with E-state index in [1.54, 1.807) is 6.07 Å². The molecule has 0 unspecified atom stereocenters. The summed E-state index contributed by atoms with van der Waals surface area (Å²) in [4.78, 5) is 0.0472. The zero-order valence-electron chi connectivity index (χ0n) is 12.3. The van der Waals surface area contributed by atoms with E-state index in [1.165, 1.54) is 19.2 Å². The number of nitrogens with one attached hydrogen (secondary N) is 1. The molecule has 0 amide bonds. The van der Waals surface area contributed by atoms with Crippen molar-refractivity contribution in [1.29, 1.82) is 0 Å². The molecule has 23 heavy (non-hydrogen) atoms. The van der Waals surface area contributed by atoms with Crippen LogP contribution >= 0.6 is 0 Å².